The van der Waals surface area contributed by atoms with Gasteiger partial charge in [-0.3, -0.25) is 9.59 Å². The number of nitrogens with one attached hydrogen (secondary N) is 1. The predicted molar refractivity (Wildman–Crippen MR) is 62.0 cm³/mol. The van der Waals surface area contributed by atoms with Gasteiger partial charge in [-0.1, -0.05) is 6.92 Å². The van der Waals surface area contributed by atoms with Gasteiger partial charge in [0.05, 0.1) is 7.11 Å². The molecule has 0 aromatic carbocycles. The van der Waals surface area contributed by atoms with Crippen molar-refractivity contribution in [3.8, 4) is 0 Å². The number of ether oxygens (including phenoxy) is 1. The van der Waals surface area contributed by atoms with Crippen molar-refractivity contribution in [3.05, 3.63) is 0 Å². The number of amides is 1. The minimum absolute atomic E-state index is 0.103. The molecule has 5 nitrogen and oxygen atoms in total. The fourth-order valence-electron chi connectivity index (χ4n) is 1.25. The summed E-state index contributed by atoms with van der Waals surface area (Å²) in [4.78, 5) is 24.0. The van der Waals surface area contributed by atoms with Gasteiger partial charge in [-0.25, -0.2) is 0 Å². The summed E-state index contributed by atoms with van der Waals surface area (Å²) >= 11 is 0. The second kappa shape index (κ2) is 9.15. The van der Waals surface area contributed by atoms with Crippen LogP contribution in [0.15, 0.2) is 0 Å². The molecule has 5 heteroatoms. The number of hydrogen-bond acceptors (Lipinski definition) is 4. The van der Waals surface area contributed by atoms with Gasteiger partial charge in [-0.05, 0) is 13.0 Å². The van der Waals surface area contributed by atoms with E-state index in [0.717, 1.165) is 6.54 Å². The molecule has 0 unspecified atom stereocenters. The van der Waals surface area contributed by atoms with Crippen LogP contribution in [0.4, 0.5) is 0 Å². The Balaban J connectivity index is 3.58. The molecule has 0 saturated carbocycles. The van der Waals surface area contributed by atoms with Gasteiger partial charge in [-0.2, -0.15) is 0 Å². The second-order valence-electron chi connectivity index (χ2n) is 3.60. The van der Waals surface area contributed by atoms with Crippen molar-refractivity contribution in [2.24, 2.45) is 0 Å². The lowest BCUT2D eigenvalue weighted by Gasteiger charge is -2.16. The smallest absolute Gasteiger partial charge is 0.305 e. The van der Waals surface area contributed by atoms with Crippen LogP contribution in [-0.4, -0.2) is 50.6 Å². The molecular formula is C11H22N2O3. The molecule has 0 aliphatic rings. The Hall–Kier alpha value is -1.10. The zero-order chi connectivity index (χ0) is 12.4. The average molecular weight is 230 g/mol. The summed E-state index contributed by atoms with van der Waals surface area (Å²) in [5, 5.41) is 3.10. The summed E-state index contributed by atoms with van der Waals surface area (Å²) in [6.07, 6.45) is 1.51. The number of nitrogens with zero attached hydrogens (tertiary/aromatic N) is 1. The third-order valence-corrected chi connectivity index (χ3v) is 2.29. The number of methoxy groups -OCH3 is 1. The number of carbonyl (C=O) groups is 2. The highest BCUT2D eigenvalue weighted by molar-refractivity contribution is 5.76. The van der Waals surface area contributed by atoms with Crippen molar-refractivity contribution < 1.29 is 14.3 Å². The Morgan fingerprint density at radius 1 is 1.31 bits per heavy atom. The first-order chi connectivity index (χ1) is 7.61. The number of esters is 1. The SMILES string of the molecule is CCNCCC(=O)N(C)CCCC(=O)OC. The second-order valence-corrected chi connectivity index (χ2v) is 3.60. The normalized spacial score (nSPS) is 9.94. The molecule has 0 radical (unpaired) electrons. The van der Waals surface area contributed by atoms with Crippen LogP contribution in [0, 0.1) is 0 Å². The maximum absolute atomic E-state index is 11.5. The van der Waals surface area contributed by atoms with E-state index in [-0.39, 0.29) is 11.9 Å². The van der Waals surface area contributed by atoms with Crippen LogP contribution in [-0.2, 0) is 14.3 Å². The van der Waals surface area contributed by atoms with Gasteiger partial charge in [-0.15, -0.1) is 0 Å². The fourth-order valence-corrected chi connectivity index (χ4v) is 1.25. The molecule has 1 amide bonds. The lowest BCUT2D eigenvalue weighted by Crippen LogP contribution is -2.30. The highest BCUT2D eigenvalue weighted by Crippen LogP contribution is 1.97. The van der Waals surface area contributed by atoms with Crippen molar-refractivity contribution in [1.29, 1.82) is 0 Å². The highest BCUT2D eigenvalue weighted by Gasteiger charge is 2.08. The van der Waals surface area contributed by atoms with Crippen molar-refractivity contribution in [3.63, 3.8) is 0 Å². The van der Waals surface area contributed by atoms with Gasteiger partial charge in [0, 0.05) is 33.0 Å². The van der Waals surface area contributed by atoms with Gasteiger partial charge >= 0.3 is 5.97 Å². The van der Waals surface area contributed by atoms with Gasteiger partial charge in [0.15, 0.2) is 0 Å². The Morgan fingerprint density at radius 3 is 2.56 bits per heavy atom. The molecule has 0 rings (SSSR count). The number of hydrogen-bond donors (Lipinski definition) is 1. The Morgan fingerprint density at radius 2 is 2.00 bits per heavy atom. The molecule has 0 aliphatic carbocycles. The van der Waals surface area contributed by atoms with Gasteiger partial charge in [0.25, 0.3) is 0 Å². The first kappa shape index (κ1) is 14.9. The summed E-state index contributed by atoms with van der Waals surface area (Å²) in [6, 6.07) is 0. The highest BCUT2D eigenvalue weighted by atomic mass is 16.5. The topological polar surface area (TPSA) is 58.6 Å². The van der Waals surface area contributed by atoms with Crippen LogP contribution < -0.4 is 5.32 Å². The largest absolute Gasteiger partial charge is 0.469 e. The Kier molecular flexibility index (Phi) is 8.52. The van der Waals surface area contributed by atoms with E-state index >= 15 is 0 Å². The van der Waals surface area contributed by atoms with Crippen LogP contribution >= 0.6 is 0 Å². The predicted octanol–water partition coefficient (Wildman–Crippen LogP) is 0.398. The molecule has 0 bridgehead atoms. The van der Waals surface area contributed by atoms with E-state index in [0.29, 0.717) is 32.4 Å². The van der Waals surface area contributed by atoms with Gasteiger partial charge < -0.3 is 15.0 Å². The zero-order valence-electron chi connectivity index (χ0n) is 10.4. The number of carbonyl (C=O) groups excluding carboxylic acids is 2. The first-order valence-electron chi connectivity index (χ1n) is 5.63. The standard InChI is InChI=1S/C11H22N2O3/c1-4-12-8-7-10(14)13(2)9-5-6-11(15)16-3/h12H,4-9H2,1-3H3. The van der Waals surface area contributed by atoms with Gasteiger partial charge in [0.2, 0.25) is 5.91 Å². The monoisotopic (exact) mass is 230 g/mol. The minimum atomic E-state index is -0.228. The zero-order valence-corrected chi connectivity index (χ0v) is 10.4. The summed E-state index contributed by atoms with van der Waals surface area (Å²) < 4.78 is 4.52. The van der Waals surface area contributed by atoms with E-state index in [4.69, 9.17) is 0 Å². The molecule has 0 saturated heterocycles. The van der Waals surface area contributed by atoms with E-state index in [2.05, 4.69) is 10.1 Å². The van der Waals surface area contributed by atoms with Gasteiger partial charge in [0.1, 0.15) is 0 Å². The lowest BCUT2D eigenvalue weighted by molar-refractivity contribution is -0.141. The summed E-state index contributed by atoms with van der Waals surface area (Å²) in [6.45, 7) is 4.18. The maximum Gasteiger partial charge on any atom is 0.305 e. The third kappa shape index (κ3) is 7.23. The van der Waals surface area contributed by atoms with E-state index in [1.165, 1.54) is 7.11 Å². The average Bonchev–Trinajstić information content (AvgIpc) is 2.28. The molecule has 94 valence electrons. The first-order valence-corrected chi connectivity index (χ1v) is 5.63. The molecule has 0 aromatic rings. The molecule has 0 heterocycles. The quantitative estimate of drug-likeness (QED) is 0.484. The van der Waals surface area contributed by atoms with Crippen molar-refractivity contribution in [1.82, 2.24) is 10.2 Å². The van der Waals surface area contributed by atoms with E-state index < -0.39 is 0 Å². The molecule has 0 aromatic heterocycles. The van der Waals surface area contributed by atoms with Crippen LogP contribution in [0.25, 0.3) is 0 Å². The summed E-state index contributed by atoms with van der Waals surface area (Å²) in [5.41, 5.74) is 0. The third-order valence-electron chi connectivity index (χ3n) is 2.29. The van der Waals surface area contributed by atoms with Crippen molar-refractivity contribution >= 4 is 11.9 Å². The molecule has 0 atom stereocenters. The molecule has 0 spiro atoms. The summed E-state index contributed by atoms with van der Waals surface area (Å²) in [5.74, 6) is -0.126. The van der Waals surface area contributed by atoms with Crippen LogP contribution in [0.3, 0.4) is 0 Å². The van der Waals surface area contributed by atoms with Crippen molar-refractivity contribution in [2.45, 2.75) is 26.2 Å². The molecule has 0 fully saturated rings. The van der Waals surface area contributed by atoms with E-state index in [9.17, 15) is 9.59 Å². The molecule has 16 heavy (non-hydrogen) atoms. The molecular weight excluding hydrogens is 208 g/mol. The van der Waals surface area contributed by atoms with Crippen LogP contribution in [0.2, 0.25) is 0 Å². The molecule has 1 N–H and O–H groups in total. The molecule has 0 aliphatic heterocycles. The minimum Gasteiger partial charge on any atom is -0.469 e. The van der Waals surface area contributed by atoms with E-state index in [1.807, 2.05) is 6.92 Å². The number of rotatable bonds is 8. The van der Waals surface area contributed by atoms with Crippen LogP contribution in [0.1, 0.15) is 26.2 Å². The maximum atomic E-state index is 11.5. The summed E-state index contributed by atoms with van der Waals surface area (Å²) in [7, 11) is 3.12. The van der Waals surface area contributed by atoms with E-state index in [1.54, 1.807) is 11.9 Å². The van der Waals surface area contributed by atoms with Crippen molar-refractivity contribution in [2.75, 3.05) is 33.8 Å². The van der Waals surface area contributed by atoms with Crippen LogP contribution in [0.5, 0.6) is 0 Å². The lowest BCUT2D eigenvalue weighted by atomic mass is 10.3. The Bertz CT molecular complexity index is 219. The Labute approximate surface area is 97.1 Å². The fraction of sp³-hybridized carbons (Fsp3) is 0.818.